The smallest absolute Gasteiger partial charge is 0.165 e. The summed E-state index contributed by atoms with van der Waals surface area (Å²) >= 11 is 0. The fourth-order valence-electron chi connectivity index (χ4n) is 11.2. The minimum atomic E-state index is 0.800. The first kappa shape index (κ1) is 34.7. The molecule has 15 rings (SSSR count). The molecule has 5 heterocycles. The zero-order valence-electron chi connectivity index (χ0n) is 34.9. The van der Waals surface area contributed by atoms with Crippen LogP contribution in [0.1, 0.15) is 0 Å². The van der Waals surface area contributed by atoms with Crippen LogP contribution in [0.2, 0.25) is 0 Å². The molecule has 5 nitrogen and oxygen atoms in total. The summed E-state index contributed by atoms with van der Waals surface area (Å²) in [5, 5.41) is 9.35. The summed E-state index contributed by atoms with van der Waals surface area (Å²) < 4.78 is 7.25. The number of rotatable bonds is 3. The van der Waals surface area contributed by atoms with E-state index in [4.69, 9.17) is 9.97 Å². The van der Waals surface area contributed by atoms with Crippen LogP contribution in [0.15, 0.2) is 212 Å². The van der Waals surface area contributed by atoms with Gasteiger partial charge in [-0.1, -0.05) is 152 Å². The standard InChI is InChI=1S/C60H35N5/c1-2-16-38(17-3-1)63-51-26-11-9-22-43(51)47-33-37(30-32-54(47)63)57-60(61-50-31-29-36-15-4-5-18-39(36)58(50)62-57)65-53-28-13-10-23-44(53)48-34-55-49(35-56(48)65)46-25-14-24-45-41-20-7-6-19-40(41)42-21-8-12-27-52(42)64(55)59(45)46/h1-35H. The number of benzene rings is 10. The topological polar surface area (TPSA) is 40.6 Å². The van der Waals surface area contributed by atoms with Gasteiger partial charge in [0.25, 0.3) is 0 Å². The van der Waals surface area contributed by atoms with Crippen molar-refractivity contribution in [2.45, 2.75) is 0 Å². The van der Waals surface area contributed by atoms with Gasteiger partial charge in [-0.2, -0.15) is 0 Å². The Balaban J connectivity index is 1.07. The quantitative estimate of drug-likeness (QED) is 0.167. The third-order valence-electron chi connectivity index (χ3n) is 13.9. The average Bonchev–Trinajstić information content (AvgIpc) is 3.97. The molecule has 0 N–H and O–H groups in total. The van der Waals surface area contributed by atoms with Gasteiger partial charge in [-0.05, 0) is 77.2 Å². The molecular formula is C60H35N5. The molecule has 65 heavy (non-hydrogen) atoms. The summed E-state index contributed by atoms with van der Waals surface area (Å²) in [5.41, 5.74) is 17.8. The van der Waals surface area contributed by atoms with Crippen molar-refractivity contribution >= 4 is 87.2 Å². The Labute approximate surface area is 372 Å². The average molecular weight is 826 g/mol. The lowest BCUT2D eigenvalue weighted by Crippen LogP contribution is -2.04. The highest BCUT2D eigenvalue weighted by molar-refractivity contribution is 6.22. The van der Waals surface area contributed by atoms with Gasteiger partial charge in [0.15, 0.2) is 5.82 Å². The molecule has 4 aromatic heterocycles. The van der Waals surface area contributed by atoms with E-state index in [1.807, 2.05) is 0 Å². The van der Waals surface area contributed by atoms with Crippen LogP contribution >= 0.6 is 0 Å². The first-order valence-electron chi connectivity index (χ1n) is 22.3. The second-order valence-corrected chi connectivity index (χ2v) is 17.3. The van der Waals surface area contributed by atoms with Gasteiger partial charge < -0.3 is 9.13 Å². The van der Waals surface area contributed by atoms with E-state index in [-0.39, 0.29) is 0 Å². The maximum atomic E-state index is 5.71. The molecule has 10 aromatic carbocycles. The maximum Gasteiger partial charge on any atom is 0.165 e. The van der Waals surface area contributed by atoms with Crippen LogP contribution in [0.3, 0.4) is 0 Å². The van der Waals surface area contributed by atoms with Crippen LogP contribution in [0.25, 0.3) is 138 Å². The van der Waals surface area contributed by atoms with E-state index in [1.165, 1.54) is 76.8 Å². The van der Waals surface area contributed by atoms with Gasteiger partial charge in [-0.15, -0.1) is 0 Å². The molecule has 0 amide bonds. The zero-order chi connectivity index (χ0) is 42.3. The van der Waals surface area contributed by atoms with Crippen LogP contribution < -0.4 is 0 Å². The second-order valence-electron chi connectivity index (χ2n) is 17.3. The molecule has 0 saturated heterocycles. The van der Waals surface area contributed by atoms with Crippen molar-refractivity contribution in [3.63, 3.8) is 0 Å². The predicted molar refractivity (Wildman–Crippen MR) is 270 cm³/mol. The summed E-state index contributed by atoms with van der Waals surface area (Å²) in [6.45, 7) is 0. The molecule has 0 unspecified atom stereocenters. The third-order valence-corrected chi connectivity index (χ3v) is 13.9. The molecule has 0 aliphatic carbocycles. The van der Waals surface area contributed by atoms with Gasteiger partial charge in [0.05, 0.1) is 49.8 Å². The molecule has 0 spiro atoms. The van der Waals surface area contributed by atoms with Gasteiger partial charge in [0, 0.05) is 60.1 Å². The first-order valence-corrected chi connectivity index (χ1v) is 22.3. The van der Waals surface area contributed by atoms with E-state index in [0.717, 1.165) is 61.1 Å². The van der Waals surface area contributed by atoms with Crippen LogP contribution in [0.4, 0.5) is 0 Å². The molecular weight excluding hydrogens is 791 g/mol. The summed E-state index contributed by atoms with van der Waals surface area (Å²) in [7, 11) is 0. The summed E-state index contributed by atoms with van der Waals surface area (Å²) in [6, 6.07) is 77.1. The molecule has 0 atom stereocenters. The van der Waals surface area contributed by atoms with Crippen molar-refractivity contribution < 1.29 is 0 Å². The van der Waals surface area contributed by atoms with Gasteiger partial charge >= 0.3 is 0 Å². The number of para-hydroxylation sites is 5. The lowest BCUT2D eigenvalue weighted by molar-refractivity contribution is 1.08. The highest BCUT2D eigenvalue weighted by Crippen LogP contribution is 2.48. The fraction of sp³-hybridized carbons (Fsp3) is 0. The Morgan fingerprint density at radius 2 is 0.908 bits per heavy atom. The van der Waals surface area contributed by atoms with Crippen molar-refractivity contribution in [3.8, 4) is 50.7 Å². The molecule has 14 aromatic rings. The Hall–Kier alpha value is -8.80. The van der Waals surface area contributed by atoms with Crippen LogP contribution in [0, 0.1) is 0 Å². The highest BCUT2D eigenvalue weighted by atomic mass is 15.1. The number of fused-ring (bicyclic) bond motifs is 17. The van der Waals surface area contributed by atoms with Crippen molar-refractivity contribution in [2.24, 2.45) is 0 Å². The van der Waals surface area contributed by atoms with Crippen molar-refractivity contribution in [2.75, 3.05) is 0 Å². The summed E-state index contributed by atoms with van der Waals surface area (Å²) in [6.07, 6.45) is 0. The SMILES string of the molecule is c1ccc(-n2c3ccccc3c3cc(-c4nc5c(ccc6ccccc65)nc4-n4c5ccccc5c5cc6c(cc54)c4cccc5c4n6-c4ccccc4-c4ccccc4-5)ccc32)cc1. The predicted octanol–water partition coefficient (Wildman–Crippen LogP) is 15.4. The number of hydrogen-bond acceptors (Lipinski definition) is 2. The molecule has 0 radical (unpaired) electrons. The Morgan fingerprint density at radius 1 is 0.323 bits per heavy atom. The molecule has 1 aliphatic rings. The van der Waals surface area contributed by atoms with Crippen molar-refractivity contribution in [1.29, 1.82) is 0 Å². The van der Waals surface area contributed by atoms with E-state index in [1.54, 1.807) is 0 Å². The molecule has 300 valence electrons. The number of nitrogens with zero attached hydrogens (tertiary/aromatic N) is 5. The molecule has 0 bridgehead atoms. The van der Waals surface area contributed by atoms with E-state index >= 15 is 0 Å². The zero-order valence-corrected chi connectivity index (χ0v) is 34.9. The lowest BCUT2D eigenvalue weighted by atomic mass is 9.94. The maximum absolute atomic E-state index is 5.71. The van der Waals surface area contributed by atoms with Gasteiger partial charge in [-0.3, -0.25) is 4.57 Å². The van der Waals surface area contributed by atoms with Crippen molar-refractivity contribution in [3.05, 3.63) is 212 Å². The van der Waals surface area contributed by atoms with Gasteiger partial charge in [-0.25, -0.2) is 9.97 Å². The fourth-order valence-corrected chi connectivity index (χ4v) is 11.2. The summed E-state index contributed by atoms with van der Waals surface area (Å²) in [5.74, 6) is 0.800. The lowest BCUT2D eigenvalue weighted by Gasteiger charge is -2.15. The van der Waals surface area contributed by atoms with Crippen LogP contribution in [-0.2, 0) is 0 Å². The van der Waals surface area contributed by atoms with Crippen molar-refractivity contribution in [1.82, 2.24) is 23.7 Å². The van der Waals surface area contributed by atoms with Gasteiger partial charge in [0.2, 0.25) is 0 Å². The molecule has 1 aliphatic heterocycles. The molecule has 0 fully saturated rings. The van der Waals surface area contributed by atoms with E-state index in [0.29, 0.717) is 0 Å². The Bertz CT molecular complexity index is 4360. The Morgan fingerprint density at radius 3 is 1.72 bits per heavy atom. The Kier molecular flexibility index (Phi) is 6.89. The molecule has 0 saturated carbocycles. The van der Waals surface area contributed by atoms with E-state index in [2.05, 4.69) is 226 Å². The van der Waals surface area contributed by atoms with E-state index < -0.39 is 0 Å². The second kappa shape index (κ2) is 12.9. The summed E-state index contributed by atoms with van der Waals surface area (Å²) in [4.78, 5) is 11.4. The number of aromatic nitrogens is 5. The van der Waals surface area contributed by atoms with E-state index in [9.17, 15) is 0 Å². The largest absolute Gasteiger partial charge is 0.309 e. The molecule has 5 heteroatoms. The number of hydrogen-bond donors (Lipinski definition) is 0. The third kappa shape index (κ3) is 4.71. The first-order chi connectivity index (χ1) is 32.3. The van der Waals surface area contributed by atoms with Crippen LogP contribution in [-0.4, -0.2) is 23.7 Å². The van der Waals surface area contributed by atoms with Crippen LogP contribution in [0.5, 0.6) is 0 Å². The van der Waals surface area contributed by atoms with Gasteiger partial charge in [0.1, 0.15) is 5.69 Å². The monoisotopic (exact) mass is 825 g/mol. The highest BCUT2D eigenvalue weighted by Gasteiger charge is 2.27. The normalized spacial score (nSPS) is 12.3. The minimum absolute atomic E-state index is 0.800. The minimum Gasteiger partial charge on any atom is -0.309 e.